The van der Waals surface area contributed by atoms with Crippen LogP contribution >= 0.6 is 0 Å². The lowest BCUT2D eigenvalue weighted by atomic mass is 9.76. The Labute approximate surface area is 416 Å². The van der Waals surface area contributed by atoms with E-state index in [0.717, 1.165) is 120 Å². The average Bonchev–Trinajstić information content (AvgIpc) is 4.21. The lowest BCUT2D eigenvalue weighted by molar-refractivity contribution is -0.196. The van der Waals surface area contributed by atoms with Crippen LogP contribution < -0.4 is 28.9 Å². The zero-order valence-corrected chi connectivity index (χ0v) is 40.6. The highest BCUT2D eigenvalue weighted by molar-refractivity contribution is 6.08. The van der Waals surface area contributed by atoms with Crippen LogP contribution in [0.5, 0.6) is 23.0 Å². The maximum Gasteiger partial charge on any atom is 0.336 e. The fourth-order valence-corrected chi connectivity index (χ4v) is 10.7. The number of carbonyl (C=O) groups excluding carboxylic acids is 3. The molecule has 0 saturated carbocycles. The Morgan fingerprint density at radius 2 is 1.10 bits per heavy atom. The van der Waals surface area contributed by atoms with E-state index in [9.17, 15) is 14.4 Å². The van der Waals surface area contributed by atoms with E-state index in [0.29, 0.717) is 48.9 Å². The summed E-state index contributed by atoms with van der Waals surface area (Å²) in [5.74, 6) is 2.27. The highest BCUT2D eigenvalue weighted by Crippen LogP contribution is 2.57. The SMILES string of the molecule is CCCCOc1ccc(C(=O)N2CCc3cc(/C=C/COOc4cccc5c4C4(CC5)CCc5cccc(OC(=O)/C=C/c6ccc7c(c6)CCN7C(=O)c6ccc(OCCCC)cc6)c54)ccc32)cc1. The van der Waals surface area contributed by atoms with Crippen molar-refractivity contribution in [2.75, 3.05) is 42.7 Å². The van der Waals surface area contributed by atoms with Gasteiger partial charge in [-0.3, -0.25) is 9.59 Å². The van der Waals surface area contributed by atoms with Gasteiger partial charge < -0.3 is 28.9 Å². The Morgan fingerprint density at radius 3 is 1.65 bits per heavy atom. The molecule has 2 heterocycles. The monoisotopic (exact) mass is 948 g/mol. The third-order valence-electron chi connectivity index (χ3n) is 14.3. The molecule has 10 rings (SSSR count). The molecular formula is C61H60N2O8. The number of aryl methyl sites for hydroxylation is 2. The van der Waals surface area contributed by atoms with Gasteiger partial charge in [0.25, 0.3) is 11.8 Å². The zero-order valence-electron chi connectivity index (χ0n) is 40.6. The van der Waals surface area contributed by atoms with E-state index in [2.05, 4.69) is 32.0 Å². The van der Waals surface area contributed by atoms with Crippen molar-refractivity contribution in [1.29, 1.82) is 0 Å². The Balaban J connectivity index is 0.760. The second-order valence-corrected chi connectivity index (χ2v) is 18.8. The first kappa shape index (κ1) is 47.3. The molecule has 10 heteroatoms. The number of ether oxygens (including phenoxy) is 3. The lowest BCUT2D eigenvalue weighted by Gasteiger charge is -2.29. The van der Waals surface area contributed by atoms with Gasteiger partial charge in [-0.05, 0) is 176 Å². The number of nitrogens with zero attached hydrogens (tertiary/aromatic N) is 2. The molecule has 2 aliphatic carbocycles. The number of fused-ring (bicyclic) bond motifs is 6. The average molecular weight is 949 g/mol. The first-order chi connectivity index (χ1) is 34.8. The first-order valence-corrected chi connectivity index (χ1v) is 25.3. The third kappa shape index (κ3) is 9.99. The second kappa shape index (κ2) is 21.3. The molecule has 1 atom stereocenters. The molecule has 0 saturated heterocycles. The van der Waals surface area contributed by atoms with E-state index in [1.54, 1.807) is 6.08 Å². The van der Waals surface area contributed by atoms with Gasteiger partial charge in [0, 0.05) is 58.2 Å². The number of rotatable bonds is 18. The molecule has 362 valence electrons. The van der Waals surface area contributed by atoms with Crippen LogP contribution in [0.4, 0.5) is 11.4 Å². The molecule has 4 aliphatic rings. The van der Waals surface area contributed by atoms with Gasteiger partial charge in [0.1, 0.15) is 23.9 Å². The van der Waals surface area contributed by atoms with E-state index < -0.39 is 5.97 Å². The number of carbonyl (C=O) groups is 3. The summed E-state index contributed by atoms with van der Waals surface area (Å²) in [5.41, 5.74) is 11.3. The van der Waals surface area contributed by atoms with Crippen molar-refractivity contribution in [3.8, 4) is 23.0 Å². The van der Waals surface area contributed by atoms with Gasteiger partial charge in [-0.1, -0.05) is 75.2 Å². The topological polar surface area (TPSA) is 104 Å². The quantitative estimate of drug-likeness (QED) is 0.0210. The fourth-order valence-electron chi connectivity index (χ4n) is 10.7. The zero-order chi connectivity index (χ0) is 48.7. The van der Waals surface area contributed by atoms with Crippen LogP contribution in [0.15, 0.2) is 133 Å². The van der Waals surface area contributed by atoms with Crippen molar-refractivity contribution in [2.24, 2.45) is 0 Å². The van der Waals surface area contributed by atoms with E-state index in [4.69, 9.17) is 24.0 Å². The number of amides is 2. The van der Waals surface area contributed by atoms with Crippen LogP contribution in [-0.4, -0.2) is 50.7 Å². The van der Waals surface area contributed by atoms with Crippen molar-refractivity contribution < 1.29 is 38.4 Å². The maximum absolute atomic E-state index is 13.6. The predicted molar refractivity (Wildman–Crippen MR) is 278 cm³/mol. The summed E-state index contributed by atoms with van der Waals surface area (Å²) in [6.07, 6.45) is 16.3. The molecule has 1 spiro atoms. The van der Waals surface area contributed by atoms with Gasteiger partial charge in [0.05, 0.1) is 13.2 Å². The van der Waals surface area contributed by atoms with Crippen LogP contribution in [0.2, 0.25) is 0 Å². The van der Waals surface area contributed by atoms with Gasteiger partial charge in [-0.25, -0.2) is 4.79 Å². The molecule has 10 nitrogen and oxygen atoms in total. The summed E-state index contributed by atoms with van der Waals surface area (Å²) < 4.78 is 17.8. The Bertz CT molecular complexity index is 2990. The summed E-state index contributed by atoms with van der Waals surface area (Å²) >= 11 is 0. The molecule has 0 fully saturated rings. The first-order valence-electron chi connectivity index (χ1n) is 25.3. The van der Waals surface area contributed by atoms with Crippen LogP contribution in [0, 0.1) is 0 Å². The van der Waals surface area contributed by atoms with E-state index in [1.807, 2.05) is 125 Å². The molecule has 2 amide bonds. The standard InChI is InChI=1S/C61H60N2O8/c1-3-5-37-67-50-22-18-46(19-23-50)59(65)62-35-31-48-40-42(15-26-52(48)62)10-9-39-69-71-55-14-8-12-45-30-34-61(58(45)55)33-29-44-11-7-13-54(57(44)61)70-56(64)28-17-43-16-27-53-49(41-43)32-36-63(53)60(66)47-20-24-51(25-21-47)68-38-6-4-2/h7-28,40-41H,3-6,29-39H2,1-2H3/b10-9+,28-17+. The van der Waals surface area contributed by atoms with Gasteiger partial charge in [0.2, 0.25) is 0 Å². The Morgan fingerprint density at radius 1 is 0.577 bits per heavy atom. The highest BCUT2D eigenvalue weighted by Gasteiger charge is 2.49. The van der Waals surface area contributed by atoms with Gasteiger partial charge in [-0.2, -0.15) is 4.89 Å². The number of benzene rings is 6. The van der Waals surface area contributed by atoms with Crippen LogP contribution in [-0.2, 0) is 40.8 Å². The summed E-state index contributed by atoms with van der Waals surface area (Å²) in [6.45, 7) is 7.05. The van der Waals surface area contributed by atoms with Crippen molar-refractivity contribution in [2.45, 2.75) is 83.5 Å². The molecule has 0 bridgehead atoms. The van der Waals surface area contributed by atoms with E-state index in [1.165, 1.54) is 17.2 Å². The van der Waals surface area contributed by atoms with E-state index in [-0.39, 0.29) is 23.8 Å². The Hall–Kier alpha value is -7.43. The number of esters is 1. The molecular weight excluding hydrogens is 889 g/mol. The summed E-state index contributed by atoms with van der Waals surface area (Å²) in [4.78, 5) is 56.3. The smallest absolute Gasteiger partial charge is 0.336 e. The normalized spacial score (nSPS) is 16.4. The van der Waals surface area contributed by atoms with Gasteiger partial charge in [0.15, 0.2) is 5.75 Å². The van der Waals surface area contributed by atoms with Gasteiger partial charge in [-0.15, -0.1) is 0 Å². The third-order valence-corrected chi connectivity index (χ3v) is 14.3. The van der Waals surface area contributed by atoms with Crippen molar-refractivity contribution in [3.05, 3.63) is 189 Å². The minimum atomic E-state index is -0.457. The highest BCUT2D eigenvalue weighted by atomic mass is 17.2. The molecule has 0 radical (unpaired) electrons. The maximum atomic E-state index is 13.6. The predicted octanol–water partition coefficient (Wildman–Crippen LogP) is 12.3. The number of hydrogen-bond acceptors (Lipinski definition) is 8. The molecule has 0 aromatic heterocycles. The minimum absolute atomic E-state index is 0.0130. The fraction of sp³-hybridized carbons (Fsp3) is 0.295. The molecule has 71 heavy (non-hydrogen) atoms. The molecule has 1 unspecified atom stereocenters. The molecule has 2 aliphatic heterocycles. The van der Waals surface area contributed by atoms with Crippen molar-refractivity contribution in [1.82, 2.24) is 0 Å². The Kier molecular flexibility index (Phi) is 14.2. The molecule has 0 N–H and O–H groups in total. The van der Waals surface area contributed by atoms with E-state index >= 15 is 0 Å². The van der Waals surface area contributed by atoms with Crippen LogP contribution in [0.25, 0.3) is 12.2 Å². The largest absolute Gasteiger partial charge is 0.494 e. The summed E-state index contributed by atoms with van der Waals surface area (Å²) in [6, 6.07) is 39.0. The van der Waals surface area contributed by atoms with Crippen molar-refractivity contribution >= 4 is 41.3 Å². The summed E-state index contributed by atoms with van der Waals surface area (Å²) in [5, 5.41) is 0. The lowest BCUT2D eigenvalue weighted by Crippen LogP contribution is -2.28. The molecule has 6 aromatic rings. The summed E-state index contributed by atoms with van der Waals surface area (Å²) in [7, 11) is 0. The number of hydrogen-bond donors (Lipinski definition) is 0. The second-order valence-electron chi connectivity index (χ2n) is 18.8. The number of anilines is 2. The van der Waals surface area contributed by atoms with Crippen molar-refractivity contribution in [3.63, 3.8) is 0 Å². The van der Waals surface area contributed by atoms with Gasteiger partial charge >= 0.3 is 5.97 Å². The molecule has 6 aromatic carbocycles. The van der Waals surface area contributed by atoms with Crippen LogP contribution in [0.3, 0.4) is 0 Å². The number of unbranched alkanes of at least 4 members (excludes halogenated alkanes) is 2. The van der Waals surface area contributed by atoms with Crippen LogP contribution in [0.1, 0.15) is 118 Å². The minimum Gasteiger partial charge on any atom is -0.494 e.